The topological polar surface area (TPSA) is 156 Å². The minimum Gasteiger partial charge on any atom is -0.480 e. The van der Waals surface area contributed by atoms with Crippen molar-refractivity contribution in [1.82, 2.24) is 0 Å². The summed E-state index contributed by atoms with van der Waals surface area (Å²) in [6, 6.07) is 4.53. The van der Waals surface area contributed by atoms with E-state index >= 15 is 0 Å². The second-order valence-electron chi connectivity index (χ2n) is 4.34. The molecule has 1 aromatic rings. The minimum absolute atomic E-state index is 0.0974. The number of hydrogen-bond acceptors (Lipinski definition) is 6. The van der Waals surface area contributed by atoms with Crippen LogP contribution >= 0.6 is 7.37 Å². The monoisotopic (exact) mass is 301 g/mol. The van der Waals surface area contributed by atoms with Crippen molar-refractivity contribution in [3.05, 3.63) is 34.7 Å². The Hall–Kier alpha value is -1.60. The number of rotatable bonds is 7. The highest BCUT2D eigenvalue weighted by Crippen LogP contribution is 2.53. The molecule has 0 saturated heterocycles. The van der Waals surface area contributed by atoms with E-state index in [1.54, 1.807) is 0 Å². The van der Waals surface area contributed by atoms with E-state index in [4.69, 9.17) is 16.6 Å². The van der Waals surface area contributed by atoms with Gasteiger partial charge in [-0.3, -0.25) is 9.36 Å². The molecule has 9 heteroatoms. The van der Waals surface area contributed by atoms with Crippen LogP contribution in [-0.2, 0) is 9.36 Å². The van der Waals surface area contributed by atoms with Crippen molar-refractivity contribution >= 4 is 19.0 Å². The summed E-state index contributed by atoms with van der Waals surface area (Å²) in [5.41, 5.74) is 11.4. The Morgan fingerprint density at radius 1 is 1.40 bits per heavy atom. The number of benzene rings is 1. The van der Waals surface area contributed by atoms with Crippen molar-refractivity contribution in [1.29, 1.82) is 0 Å². The Balaban J connectivity index is 2.82. The number of carboxylic acids is 1. The Kier molecular flexibility index (Phi) is 5.52. The van der Waals surface area contributed by atoms with E-state index in [0.717, 1.165) is 0 Å². The molecule has 0 aliphatic heterocycles. The van der Waals surface area contributed by atoms with Gasteiger partial charge in [0.2, 0.25) is 7.37 Å². The van der Waals surface area contributed by atoms with E-state index in [9.17, 15) is 19.2 Å². The fourth-order valence-corrected chi connectivity index (χ4v) is 3.14. The number of aliphatic carboxylic acids is 1. The van der Waals surface area contributed by atoms with Gasteiger partial charge in [0.05, 0.1) is 0 Å². The van der Waals surface area contributed by atoms with Crippen LogP contribution in [0, 0.1) is 4.91 Å². The molecule has 0 aliphatic rings. The van der Waals surface area contributed by atoms with Gasteiger partial charge >= 0.3 is 5.97 Å². The average molecular weight is 301 g/mol. The van der Waals surface area contributed by atoms with E-state index < -0.39 is 25.2 Å². The number of nitrogens with two attached hydrogens (primary N) is 2. The zero-order valence-electron chi connectivity index (χ0n) is 10.5. The average Bonchev–Trinajstić information content (AvgIpc) is 2.43. The number of carboxylic acid groups (broad SMARTS) is 1. The van der Waals surface area contributed by atoms with Crippen LogP contribution in [0.1, 0.15) is 17.8 Å². The maximum atomic E-state index is 12.1. The van der Waals surface area contributed by atoms with Crippen LogP contribution in [0.4, 0.5) is 5.69 Å². The maximum Gasteiger partial charge on any atom is 0.320 e. The van der Waals surface area contributed by atoms with Crippen LogP contribution in [0.25, 0.3) is 0 Å². The first-order valence-electron chi connectivity index (χ1n) is 5.76. The van der Waals surface area contributed by atoms with Gasteiger partial charge in [0.15, 0.2) is 0 Å². The molecule has 0 heterocycles. The van der Waals surface area contributed by atoms with E-state index in [0.29, 0.717) is 0 Å². The summed E-state index contributed by atoms with van der Waals surface area (Å²) < 4.78 is 12.1. The highest BCUT2D eigenvalue weighted by molar-refractivity contribution is 7.58. The first-order chi connectivity index (χ1) is 9.27. The Bertz CT molecular complexity index is 551. The summed E-state index contributed by atoms with van der Waals surface area (Å²) in [4.78, 5) is 30.9. The van der Waals surface area contributed by atoms with Crippen molar-refractivity contribution in [2.75, 3.05) is 6.16 Å². The lowest BCUT2D eigenvalue weighted by Gasteiger charge is -2.20. The van der Waals surface area contributed by atoms with Crippen molar-refractivity contribution in [3.63, 3.8) is 0 Å². The summed E-state index contributed by atoms with van der Waals surface area (Å²) in [5.74, 6) is -2.46. The summed E-state index contributed by atoms with van der Waals surface area (Å²) in [7, 11) is -3.84. The predicted octanol–water partition coefficient (Wildman–Crippen LogP) is 1.11. The first-order valence-corrected chi connectivity index (χ1v) is 7.68. The van der Waals surface area contributed by atoms with Crippen molar-refractivity contribution < 1.29 is 19.4 Å². The molecule has 0 saturated carbocycles. The van der Waals surface area contributed by atoms with Crippen LogP contribution in [0.15, 0.2) is 29.4 Å². The van der Waals surface area contributed by atoms with Crippen LogP contribution in [0.5, 0.6) is 0 Å². The Morgan fingerprint density at radius 2 is 2.05 bits per heavy atom. The number of carbonyl (C=O) groups is 1. The van der Waals surface area contributed by atoms with E-state index in [-0.39, 0.29) is 23.8 Å². The summed E-state index contributed by atoms with van der Waals surface area (Å²) >= 11 is 0. The number of nitrogens with zero attached hydrogens (tertiary/aromatic N) is 1. The van der Waals surface area contributed by atoms with Gasteiger partial charge in [-0.1, -0.05) is 12.1 Å². The second-order valence-corrected chi connectivity index (χ2v) is 6.86. The zero-order valence-corrected chi connectivity index (χ0v) is 11.4. The standard InChI is InChI=1S/C11H16N3O5P/c12-9(11(15)16)4-5-20(18,19)10(13)7-2-1-3-8(6-7)14-17/h1-3,6,9-10H,4-5,12-13H2,(H,15,16)(H,18,19)/t9-,10?/m0/s1. The third kappa shape index (κ3) is 4.21. The molecule has 0 aromatic heterocycles. The smallest absolute Gasteiger partial charge is 0.320 e. The van der Waals surface area contributed by atoms with Crippen molar-refractivity contribution in [2.24, 2.45) is 16.6 Å². The summed E-state index contributed by atoms with van der Waals surface area (Å²) in [6.07, 6.45) is -0.483. The number of hydrogen-bond donors (Lipinski definition) is 4. The van der Waals surface area contributed by atoms with Gasteiger partial charge in [-0.15, -0.1) is 4.91 Å². The van der Waals surface area contributed by atoms with Gasteiger partial charge in [-0.25, -0.2) is 0 Å². The third-order valence-corrected chi connectivity index (χ3v) is 4.90. The maximum absolute atomic E-state index is 12.1. The van der Waals surface area contributed by atoms with Gasteiger partial charge in [-0.2, -0.15) is 0 Å². The summed E-state index contributed by atoms with van der Waals surface area (Å²) in [6.45, 7) is 0. The molecule has 0 spiro atoms. The highest BCUT2D eigenvalue weighted by atomic mass is 31.2. The molecular weight excluding hydrogens is 285 g/mol. The first kappa shape index (κ1) is 16.5. The van der Waals surface area contributed by atoms with Gasteiger partial charge in [0.25, 0.3) is 0 Å². The molecule has 0 bridgehead atoms. The molecule has 8 nitrogen and oxygen atoms in total. The molecule has 20 heavy (non-hydrogen) atoms. The van der Waals surface area contributed by atoms with Crippen LogP contribution < -0.4 is 11.5 Å². The Morgan fingerprint density at radius 3 is 2.60 bits per heavy atom. The van der Waals surface area contributed by atoms with Crippen molar-refractivity contribution in [2.45, 2.75) is 18.2 Å². The normalized spacial score (nSPS) is 16.9. The molecule has 1 rings (SSSR count). The zero-order chi connectivity index (χ0) is 15.3. The molecule has 0 fully saturated rings. The van der Waals surface area contributed by atoms with Crippen LogP contribution in [-0.4, -0.2) is 28.2 Å². The fourth-order valence-electron chi connectivity index (χ4n) is 1.59. The van der Waals surface area contributed by atoms with Crippen molar-refractivity contribution in [3.8, 4) is 0 Å². The molecule has 6 N–H and O–H groups in total. The largest absolute Gasteiger partial charge is 0.480 e. The minimum atomic E-state index is -3.84. The Labute approximate surface area is 115 Å². The van der Waals surface area contributed by atoms with Gasteiger partial charge in [0.1, 0.15) is 17.5 Å². The van der Waals surface area contributed by atoms with E-state index in [1.165, 1.54) is 24.3 Å². The second kappa shape index (κ2) is 6.71. The number of nitroso groups, excluding NO2 is 1. The molecule has 0 amide bonds. The SMILES string of the molecule is NC(c1cccc(N=O)c1)P(=O)(O)CC[C@H](N)C(=O)O. The molecule has 0 aliphatic carbocycles. The fraction of sp³-hybridized carbons (Fsp3) is 0.364. The lowest BCUT2D eigenvalue weighted by atomic mass is 10.2. The molecule has 3 atom stereocenters. The molecule has 110 valence electrons. The molecule has 2 unspecified atom stereocenters. The molecular formula is C11H16N3O5P. The summed E-state index contributed by atoms with van der Waals surface area (Å²) in [5, 5.41) is 11.3. The lowest BCUT2D eigenvalue weighted by molar-refractivity contribution is -0.138. The van der Waals surface area contributed by atoms with Gasteiger partial charge in [-0.05, 0) is 29.3 Å². The lowest BCUT2D eigenvalue weighted by Crippen LogP contribution is -2.31. The van der Waals surface area contributed by atoms with Gasteiger partial charge < -0.3 is 21.5 Å². The van der Waals surface area contributed by atoms with E-state index in [1.807, 2.05) is 0 Å². The molecule has 1 aromatic carbocycles. The van der Waals surface area contributed by atoms with Gasteiger partial charge in [0, 0.05) is 6.16 Å². The third-order valence-electron chi connectivity index (χ3n) is 2.83. The quantitative estimate of drug-likeness (QED) is 0.434. The van der Waals surface area contributed by atoms with Crippen LogP contribution in [0.2, 0.25) is 0 Å². The highest BCUT2D eigenvalue weighted by Gasteiger charge is 2.30. The van der Waals surface area contributed by atoms with E-state index in [2.05, 4.69) is 5.18 Å². The predicted molar refractivity (Wildman–Crippen MR) is 73.7 cm³/mol. The van der Waals surface area contributed by atoms with Crippen LogP contribution in [0.3, 0.4) is 0 Å². The molecule has 0 radical (unpaired) electrons.